The van der Waals surface area contributed by atoms with Gasteiger partial charge >= 0.3 is 0 Å². The van der Waals surface area contributed by atoms with E-state index in [0.717, 1.165) is 51.1 Å². The third-order valence-corrected chi connectivity index (χ3v) is 5.90. The van der Waals surface area contributed by atoms with Gasteiger partial charge in [-0.1, -0.05) is 6.07 Å². The summed E-state index contributed by atoms with van der Waals surface area (Å²) < 4.78 is 6.77. The van der Waals surface area contributed by atoms with Crippen molar-refractivity contribution >= 4 is 17.0 Å². The Balaban J connectivity index is 1.61. The van der Waals surface area contributed by atoms with Gasteiger partial charge in [0.2, 0.25) is 0 Å². The Kier molecular flexibility index (Phi) is 6.82. The van der Waals surface area contributed by atoms with Crippen LogP contribution in [-0.4, -0.2) is 61.6 Å². The first-order chi connectivity index (χ1) is 12.7. The number of anilines is 1. The minimum Gasteiger partial charge on any atom is -0.383 e. The minimum absolute atomic E-state index is 0.0168. The van der Waals surface area contributed by atoms with E-state index in [1.165, 1.54) is 4.88 Å². The molecule has 0 N–H and O–H groups in total. The van der Waals surface area contributed by atoms with Crippen molar-refractivity contribution in [3.8, 4) is 0 Å². The van der Waals surface area contributed by atoms with Crippen molar-refractivity contribution < 1.29 is 4.74 Å². The molecule has 26 heavy (non-hydrogen) atoms. The van der Waals surface area contributed by atoms with Crippen molar-refractivity contribution in [3.05, 3.63) is 45.0 Å². The van der Waals surface area contributed by atoms with Gasteiger partial charge in [-0.15, -0.1) is 11.3 Å². The topological polar surface area (TPSA) is 50.6 Å². The lowest BCUT2D eigenvalue weighted by molar-refractivity contribution is 0.168. The molecule has 3 rings (SSSR count). The average Bonchev–Trinajstić information content (AvgIpc) is 3.18. The third-order valence-electron chi connectivity index (χ3n) is 4.96. The second kappa shape index (κ2) is 9.30. The third kappa shape index (κ3) is 4.93. The van der Waals surface area contributed by atoms with Crippen molar-refractivity contribution in [3.63, 3.8) is 0 Å². The number of likely N-dealkylation sites (N-methyl/N-ethyl adjacent to an activating group) is 1. The molecule has 2 aromatic heterocycles. The van der Waals surface area contributed by atoms with Crippen LogP contribution in [0.5, 0.6) is 0 Å². The Labute approximate surface area is 159 Å². The maximum absolute atomic E-state index is 12.6. The summed E-state index contributed by atoms with van der Waals surface area (Å²) in [4.78, 5) is 18.5. The van der Waals surface area contributed by atoms with Gasteiger partial charge in [0.25, 0.3) is 5.56 Å². The number of methoxy groups -OCH3 is 1. The minimum atomic E-state index is -0.0168. The summed E-state index contributed by atoms with van der Waals surface area (Å²) in [5.41, 5.74) is 0.825. The van der Waals surface area contributed by atoms with Crippen molar-refractivity contribution in [2.75, 3.05) is 51.8 Å². The lowest BCUT2D eigenvalue weighted by Gasteiger charge is -2.33. The summed E-state index contributed by atoms with van der Waals surface area (Å²) in [5.74, 6) is 0. The smallest absolute Gasteiger partial charge is 0.269 e. The number of rotatable bonds is 8. The molecule has 0 radical (unpaired) electrons. The van der Waals surface area contributed by atoms with Gasteiger partial charge in [0.1, 0.15) is 0 Å². The van der Waals surface area contributed by atoms with Crippen LogP contribution >= 0.6 is 11.3 Å². The standard InChI is InChI=1S/C19H28N4O2S/c1-21(10-11-25-2)17-13-19(24)23(20-14-17)16-5-3-8-22(15-16)9-7-18-6-4-12-26-18/h4,6,12-14,16H,3,5,7-11,15H2,1-2H3/t16-/m1/s1. The van der Waals surface area contributed by atoms with Crippen LogP contribution in [-0.2, 0) is 11.2 Å². The zero-order valence-corrected chi connectivity index (χ0v) is 16.5. The molecule has 0 amide bonds. The van der Waals surface area contributed by atoms with E-state index in [1.807, 2.05) is 23.3 Å². The van der Waals surface area contributed by atoms with Gasteiger partial charge in [0.15, 0.2) is 0 Å². The molecular formula is C19H28N4O2S. The second-order valence-corrected chi connectivity index (χ2v) is 7.87. The predicted octanol–water partition coefficient (Wildman–Crippen LogP) is 2.27. The van der Waals surface area contributed by atoms with E-state index in [1.54, 1.807) is 24.1 Å². The molecule has 3 heterocycles. The lowest BCUT2D eigenvalue weighted by atomic mass is 10.1. The summed E-state index contributed by atoms with van der Waals surface area (Å²) in [5, 5.41) is 6.60. The van der Waals surface area contributed by atoms with Crippen molar-refractivity contribution in [1.82, 2.24) is 14.7 Å². The fourth-order valence-corrected chi connectivity index (χ4v) is 4.10. The van der Waals surface area contributed by atoms with Crippen molar-refractivity contribution in [1.29, 1.82) is 0 Å². The normalized spacial score (nSPS) is 18.2. The molecule has 0 unspecified atom stereocenters. The molecule has 1 aliphatic heterocycles. The molecule has 0 saturated carbocycles. The fourth-order valence-electron chi connectivity index (χ4n) is 3.41. The van der Waals surface area contributed by atoms with E-state index >= 15 is 0 Å². The van der Waals surface area contributed by atoms with Gasteiger partial charge in [0.05, 0.1) is 24.5 Å². The molecule has 0 aliphatic carbocycles. The van der Waals surface area contributed by atoms with Crippen LogP contribution in [0.4, 0.5) is 5.69 Å². The molecule has 0 aromatic carbocycles. The largest absolute Gasteiger partial charge is 0.383 e. The van der Waals surface area contributed by atoms with Gasteiger partial charge in [-0.05, 0) is 37.3 Å². The van der Waals surface area contributed by atoms with Crippen LogP contribution in [0.3, 0.4) is 0 Å². The van der Waals surface area contributed by atoms with Gasteiger partial charge in [0, 0.05) is 44.7 Å². The zero-order chi connectivity index (χ0) is 18.4. The first-order valence-corrected chi connectivity index (χ1v) is 10.1. The van der Waals surface area contributed by atoms with Gasteiger partial charge in [-0.2, -0.15) is 5.10 Å². The van der Waals surface area contributed by atoms with E-state index < -0.39 is 0 Å². The molecule has 7 heteroatoms. The number of hydrogen-bond acceptors (Lipinski definition) is 6. The highest BCUT2D eigenvalue weighted by Gasteiger charge is 2.23. The Bertz CT molecular complexity index is 731. The van der Waals surface area contributed by atoms with E-state index in [4.69, 9.17) is 4.74 Å². The maximum atomic E-state index is 12.6. The predicted molar refractivity (Wildman–Crippen MR) is 106 cm³/mol. The quantitative estimate of drug-likeness (QED) is 0.707. The van der Waals surface area contributed by atoms with Gasteiger partial charge < -0.3 is 14.5 Å². The second-order valence-electron chi connectivity index (χ2n) is 6.84. The number of ether oxygens (including phenoxy) is 1. The number of nitrogens with zero attached hydrogens (tertiary/aromatic N) is 4. The fraction of sp³-hybridized carbons (Fsp3) is 0.579. The Hall–Kier alpha value is -1.70. The molecule has 6 nitrogen and oxygen atoms in total. The molecule has 2 aromatic rings. The van der Waals surface area contributed by atoms with E-state index in [-0.39, 0.29) is 11.6 Å². The van der Waals surface area contributed by atoms with Crippen LogP contribution in [0, 0.1) is 0 Å². The molecular weight excluding hydrogens is 348 g/mol. The zero-order valence-electron chi connectivity index (χ0n) is 15.6. The summed E-state index contributed by atoms with van der Waals surface area (Å²) in [6, 6.07) is 6.15. The molecule has 0 bridgehead atoms. The van der Waals surface area contributed by atoms with Crippen LogP contribution in [0.25, 0.3) is 0 Å². The highest BCUT2D eigenvalue weighted by Crippen LogP contribution is 2.21. The molecule has 1 saturated heterocycles. The maximum Gasteiger partial charge on any atom is 0.269 e. The Morgan fingerprint density at radius 3 is 3.08 bits per heavy atom. The van der Waals surface area contributed by atoms with E-state index in [0.29, 0.717) is 6.61 Å². The first kappa shape index (κ1) is 19.1. The molecule has 0 spiro atoms. The lowest BCUT2D eigenvalue weighted by Crippen LogP contribution is -2.41. The Morgan fingerprint density at radius 1 is 1.46 bits per heavy atom. The van der Waals surface area contributed by atoms with Gasteiger partial charge in [-0.25, -0.2) is 4.68 Å². The van der Waals surface area contributed by atoms with E-state index in [9.17, 15) is 4.79 Å². The summed E-state index contributed by atoms with van der Waals surface area (Å²) in [6.07, 6.45) is 5.00. The van der Waals surface area contributed by atoms with Crippen LogP contribution in [0.15, 0.2) is 34.6 Å². The first-order valence-electron chi connectivity index (χ1n) is 9.21. The van der Waals surface area contributed by atoms with E-state index in [2.05, 4.69) is 27.5 Å². The van der Waals surface area contributed by atoms with Crippen LogP contribution in [0.1, 0.15) is 23.8 Å². The summed E-state index contributed by atoms with van der Waals surface area (Å²) >= 11 is 1.81. The summed E-state index contributed by atoms with van der Waals surface area (Å²) in [7, 11) is 3.63. The highest BCUT2D eigenvalue weighted by atomic mass is 32.1. The molecule has 1 fully saturated rings. The number of likely N-dealkylation sites (tertiary alicyclic amines) is 1. The van der Waals surface area contributed by atoms with Crippen molar-refractivity contribution in [2.24, 2.45) is 0 Å². The monoisotopic (exact) mass is 376 g/mol. The molecule has 1 atom stereocenters. The Morgan fingerprint density at radius 2 is 2.35 bits per heavy atom. The van der Waals surface area contributed by atoms with Crippen LogP contribution < -0.4 is 10.5 Å². The molecule has 142 valence electrons. The van der Waals surface area contributed by atoms with Crippen LogP contribution in [0.2, 0.25) is 0 Å². The van der Waals surface area contributed by atoms with Gasteiger partial charge in [-0.3, -0.25) is 4.79 Å². The summed E-state index contributed by atoms with van der Waals surface area (Å²) in [6.45, 7) is 4.41. The molecule has 1 aliphatic rings. The number of thiophene rings is 1. The SMILES string of the molecule is COCCN(C)c1cnn([C@@H]2CCCN(CCc3cccs3)C2)c(=O)c1. The number of hydrogen-bond donors (Lipinski definition) is 0. The number of piperidine rings is 1. The highest BCUT2D eigenvalue weighted by molar-refractivity contribution is 7.09. The van der Waals surface area contributed by atoms with Crippen molar-refractivity contribution in [2.45, 2.75) is 25.3 Å². The number of aromatic nitrogens is 2. The average molecular weight is 377 g/mol.